The summed E-state index contributed by atoms with van der Waals surface area (Å²) in [6.07, 6.45) is 4.46. The fraction of sp³-hybridized carbons (Fsp3) is 0.552. The van der Waals surface area contributed by atoms with Crippen molar-refractivity contribution < 1.29 is 28.5 Å². The van der Waals surface area contributed by atoms with E-state index >= 15 is 0 Å². The van der Waals surface area contributed by atoms with Gasteiger partial charge in [-0.1, -0.05) is 31.2 Å². The highest BCUT2D eigenvalue weighted by molar-refractivity contribution is 5.70. The molecule has 2 aromatic rings. The fourth-order valence-electron chi connectivity index (χ4n) is 4.59. The van der Waals surface area contributed by atoms with Crippen molar-refractivity contribution >= 4 is 5.97 Å². The maximum absolute atomic E-state index is 12.6. The molecule has 0 amide bonds. The predicted octanol–water partition coefficient (Wildman–Crippen LogP) is 6.15. The van der Waals surface area contributed by atoms with Crippen LogP contribution in [0.5, 0.6) is 11.5 Å². The van der Waals surface area contributed by atoms with Crippen LogP contribution in [0, 0.1) is 0 Å². The Morgan fingerprint density at radius 1 is 0.800 bits per heavy atom. The van der Waals surface area contributed by atoms with Gasteiger partial charge in [-0.2, -0.15) is 0 Å². The maximum atomic E-state index is 12.6. The molecule has 0 radical (unpaired) electrons. The summed E-state index contributed by atoms with van der Waals surface area (Å²) in [4.78, 5) is 12.6. The number of carbonyl (C=O) groups excluding carboxylic acids is 1. The third-order valence-electron chi connectivity index (χ3n) is 6.54. The number of ether oxygens (including phenoxy) is 5. The summed E-state index contributed by atoms with van der Waals surface area (Å²) in [6, 6.07) is 16.3. The fourth-order valence-corrected chi connectivity index (χ4v) is 4.59. The summed E-state index contributed by atoms with van der Waals surface area (Å²) in [5.41, 5.74) is 1.31. The molecule has 2 unspecified atom stereocenters. The first-order chi connectivity index (χ1) is 16.7. The molecule has 0 aromatic heterocycles. The molecule has 2 saturated heterocycles. The summed E-state index contributed by atoms with van der Waals surface area (Å²) in [5.74, 6) is 1.38. The van der Waals surface area contributed by atoms with Gasteiger partial charge in [-0.3, -0.25) is 4.79 Å². The van der Waals surface area contributed by atoms with Crippen LogP contribution in [-0.2, 0) is 24.4 Å². The molecule has 2 aliphatic rings. The molecule has 2 atom stereocenters. The minimum absolute atomic E-state index is 0.171. The van der Waals surface area contributed by atoms with E-state index in [4.69, 9.17) is 23.7 Å². The van der Waals surface area contributed by atoms with Crippen LogP contribution in [0.1, 0.15) is 77.3 Å². The topological polar surface area (TPSA) is 63.2 Å². The molecule has 0 N–H and O–H groups in total. The van der Waals surface area contributed by atoms with Gasteiger partial charge in [0.15, 0.2) is 12.6 Å². The Labute approximate surface area is 208 Å². The Bertz CT molecular complexity index is 887. The highest BCUT2D eigenvalue weighted by Gasteiger charge is 2.31. The quantitative estimate of drug-likeness (QED) is 0.400. The smallest absolute Gasteiger partial charge is 0.306 e. The van der Waals surface area contributed by atoms with Crippen molar-refractivity contribution in [2.75, 3.05) is 13.2 Å². The Morgan fingerprint density at radius 3 is 1.63 bits per heavy atom. The van der Waals surface area contributed by atoms with Gasteiger partial charge in [-0.05, 0) is 75.4 Å². The van der Waals surface area contributed by atoms with Crippen LogP contribution in [0.2, 0.25) is 0 Å². The zero-order chi connectivity index (χ0) is 24.9. The largest absolute Gasteiger partial charge is 0.465 e. The Hall–Kier alpha value is -2.57. The van der Waals surface area contributed by atoms with Crippen molar-refractivity contribution in [1.29, 1.82) is 0 Å². The SMILES string of the molecule is CC(C)(C)OC(=O)CCC(C)(c1ccc(OC2CCCO2)cc1)c1ccc(OC2CCCO2)cc1. The first-order valence-corrected chi connectivity index (χ1v) is 12.7. The first kappa shape index (κ1) is 25.5. The molecule has 190 valence electrons. The number of benzene rings is 2. The van der Waals surface area contributed by atoms with Crippen molar-refractivity contribution in [1.82, 2.24) is 0 Å². The van der Waals surface area contributed by atoms with E-state index < -0.39 is 11.0 Å². The van der Waals surface area contributed by atoms with Crippen LogP contribution < -0.4 is 9.47 Å². The Balaban J connectivity index is 1.53. The molecular formula is C29H38O6. The van der Waals surface area contributed by atoms with Gasteiger partial charge in [0.05, 0.1) is 13.2 Å². The standard InChI is InChI=1S/C29H38O6/c1-28(2,3)35-25(30)17-18-29(4,21-9-13-23(14-10-21)33-26-7-5-19-31-26)22-11-15-24(16-12-22)34-27-8-6-20-32-27/h9-16,26-27H,5-8,17-20H2,1-4H3. The zero-order valence-corrected chi connectivity index (χ0v) is 21.4. The van der Waals surface area contributed by atoms with E-state index in [1.807, 2.05) is 45.0 Å². The van der Waals surface area contributed by atoms with E-state index in [2.05, 4.69) is 31.2 Å². The molecule has 0 aliphatic carbocycles. The molecule has 2 heterocycles. The number of hydrogen-bond donors (Lipinski definition) is 0. The summed E-state index contributed by atoms with van der Waals surface area (Å²) in [5, 5.41) is 0. The van der Waals surface area contributed by atoms with Crippen LogP contribution in [0.4, 0.5) is 0 Å². The molecule has 2 aliphatic heterocycles. The molecule has 2 fully saturated rings. The van der Waals surface area contributed by atoms with E-state index in [0.29, 0.717) is 12.8 Å². The van der Waals surface area contributed by atoms with Gasteiger partial charge in [0.25, 0.3) is 0 Å². The summed E-state index contributed by atoms with van der Waals surface area (Å²) in [7, 11) is 0. The van der Waals surface area contributed by atoms with Gasteiger partial charge in [0, 0.05) is 24.7 Å². The lowest BCUT2D eigenvalue weighted by atomic mass is 9.73. The molecule has 0 bridgehead atoms. The van der Waals surface area contributed by atoms with Crippen LogP contribution in [-0.4, -0.2) is 37.4 Å². The molecule has 0 spiro atoms. The minimum atomic E-state index is -0.504. The van der Waals surface area contributed by atoms with Crippen molar-refractivity contribution in [3.8, 4) is 11.5 Å². The first-order valence-electron chi connectivity index (χ1n) is 12.7. The van der Waals surface area contributed by atoms with Gasteiger partial charge in [-0.15, -0.1) is 0 Å². The molecular weight excluding hydrogens is 444 g/mol. The second kappa shape index (κ2) is 11.0. The molecule has 4 rings (SSSR count). The van der Waals surface area contributed by atoms with Crippen LogP contribution >= 0.6 is 0 Å². The van der Waals surface area contributed by atoms with Crippen molar-refractivity contribution in [3.05, 3.63) is 59.7 Å². The number of hydrogen-bond acceptors (Lipinski definition) is 6. The average Bonchev–Trinajstić information content (AvgIpc) is 3.52. The summed E-state index contributed by atoms with van der Waals surface area (Å²) < 4.78 is 28.7. The van der Waals surface area contributed by atoms with Crippen LogP contribution in [0.15, 0.2) is 48.5 Å². The average molecular weight is 483 g/mol. The normalized spacial score (nSPS) is 21.9. The van der Waals surface area contributed by atoms with Gasteiger partial charge in [0.2, 0.25) is 0 Å². The third kappa shape index (κ3) is 6.98. The lowest BCUT2D eigenvalue weighted by Crippen LogP contribution is -2.28. The summed E-state index contributed by atoms with van der Waals surface area (Å²) >= 11 is 0. The van der Waals surface area contributed by atoms with Crippen LogP contribution in [0.3, 0.4) is 0 Å². The Morgan fingerprint density at radius 2 is 1.26 bits per heavy atom. The van der Waals surface area contributed by atoms with Gasteiger partial charge in [0.1, 0.15) is 17.1 Å². The number of rotatable bonds is 9. The van der Waals surface area contributed by atoms with Crippen molar-refractivity contribution in [3.63, 3.8) is 0 Å². The molecule has 6 heteroatoms. The second-order valence-corrected chi connectivity index (χ2v) is 10.6. The molecule has 35 heavy (non-hydrogen) atoms. The maximum Gasteiger partial charge on any atom is 0.306 e. The zero-order valence-electron chi connectivity index (χ0n) is 21.4. The van der Waals surface area contributed by atoms with E-state index in [1.54, 1.807) is 0 Å². The van der Waals surface area contributed by atoms with Crippen molar-refractivity contribution in [2.24, 2.45) is 0 Å². The van der Waals surface area contributed by atoms with Gasteiger partial charge < -0.3 is 23.7 Å². The lowest BCUT2D eigenvalue weighted by molar-refractivity contribution is -0.155. The van der Waals surface area contributed by atoms with Crippen LogP contribution in [0.25, 0.3) is 0 Å². The lowest BCUT2D eigenvalue weighted by Gasteiger charge is -2.32. The predicted molar refractivity (Wildman–Crippen MR) is 134 cm³/mol. The molecule has 6 nitrogen and oxygen atoms in total. The minimum Gasteiger partial charge on any atom is -0.465 e. The monoisotopic (exact) mass is 482 g/mol. The number of esters is 1. The highest BCUT2D eigenvalue weighted by atomic mass is 16.7. The van der Waals surface area contributed by atoms with E-state index in [1.165, 1.54) is 0 Å². The van der Waals surface area contributed by atoms with Gasteiger partial charge in [-0.25, -0.2) is 0 Å². The van der Waals surface area contributed by atoms with E-state index in [9.17, 15) is 4.79 Å². The third-order valence-corrected chi connectivity index (χ3v) is 6.54. The van der Waals surface area contributed by atoms with E-state index in [0.717, 1.165) is 61.5 Å². The highest BCUT2D eigenvalue weighted by Crippen LogP contribution is 2.38. The Kier molecular flexibility index (Phi) is 8.02. The number of carbonyl (C=O) groups is 1. The van der Waals surface area contributed by atoms with E-state index in [-0.39, 0.29) is 18.5 Å². The molecule has 2 aromatic carbocycles. The molecule has 0 saturated carbocycles. The second-order valence-electron chi connectivity index (χ2n) is 10.6. The van der Waals surface area contributed by atoms with Gasteiger partial charge >= 0.3 is 5.97 Å². The van der Waals surface area contributed by atoms with Crippen molar-refractivity contribution in [2.45, 2.75) is 89.8 Å². The summed E-state index contributed by atoms with van der Waals surface area (Å²) in [6.45, 7) is 9.34.